The molecule has 2 rings (SSSR count). The Labute approximate surface area is 126 Å². The first-order valence-corrected chi connectivity index (χ1v) is 7.31. The zero-order chi connectivity index (χ0) is 14.9. The topological polar surface area (TPSA) is 37.8 Å². The summed E-state index contributed by atoms with van der Waals surface area (Å²) >= 11 is 4.21. The molecule has 0 aliphatic carbocycles. The predicted molar refractivity (Wildman–Crippen MR) is 75.5 cm³/mol. The molecule has 0 saturated carbocycles. The SMILES string of the molecule is CNC(C)c1nnc(-c2ccc(Br)cc2C(F)(F)F)s1. The van der Waals surface area contributed by atoms with Gasteiger partial charge in [0, 0.05) is 10.0 Å². The minimum absolute atomic E-state index is 0.0488. The van der Waals surface area contributed by atoms with E-state index in [1.54, 1.807) is 13.1 Å². The number of alkyl halides is 3. The van der Waals surface area contributed by atoms with Gasteiger partial charge >= 0.3 is 6.18 Å². The molecule has 0 spiro atoms. The molecule has 1 aromatic carbocycles. The lowest BCUT2D eigenvalue weighted by Gasteiger charge is -2.11. The van der Waals surface area contributed by atoms with Gasteiger partial charge in [0.05, 0.1) is 11.6 Å². The van der Waals surface area contributed by atoms with Crippen molar-refractivity contribution in [2.45, 2.75) is 19.1 Å². The van der Waals surface area contributed by atoms with Crippen molar-refractivity contribution in [2.24, 2.45) is 0 Å². The number of rotatable bonds is 3. The lowest BCUT2D eigenvalue weighted by molar-refractivity contribution is -0.137. The Bertz CT molecular complexity index is 612. The van der Waals surface area contributed by atoms with Crippen molar-refractivity contribution in [1.82, 2.24) is 15.5 Å². The zero-order valence-electron chi connectivity index (χ0n) is 10.6. The van der Waals surface area contributed by atoms with Crippen LogP contribution in [0, 0.1) is 0 Å². The minimum atomic E-state index is -4.43. The number of nitrogens with one attached hydrogen (secondary N) is 1. The summed E-state index contributed by atoms with van der Waals surface area (Å²) in [5.74, 6) is 0. The first-order valence-electron chi connectivity index (χ1n) is 5.70. The first-order chi connectivity index (χ1) is 9.32. The third-order valence-electron chi connectivity index (χ3n) is 2.76. The second kappa shape index (κ2) is 5.79. The third kappa shape index (κ3) is 3.18. The predicted octanol–water partition coefficient (Wildman–Crippen LogP) is 4.27. The molecule has 2 aromatic rings. The number of halogens is 4. The molecule has 1 heterocycles. The summed E-state index contributed by atoms with van der Waals surface area (Å²) in [6.07, 6.45) is -4.43. The summed E-state index contributed by atoms with van der Waals surface area (Å²) in [7, 11) is 1.76. The molecule has 0 bridgehead atoms. The van der Waals surface area contributed by atoms with E-state index in [9.17, 15) is 13.2 Å². The Hall–Kier alpha value is -0.990. The monoisotopic (exact) mass is 365 g/mol. The Balaban J connectivity index is 2.50. The molecule has 0 aliphatic heterocycles. The standard InChI is InChI=1S/C12H11BrF3N3S/c1-6(17-2)10-18-19-11(20-10)8-4-3-7(13)5-9(8)12(14,15)16/h3-6,17H,1-2H3. The molecule has 1 N–H and O–H groups in total. The van der Waals surface area contributed by atoms with E-state index in [-0.39, 0.29) is 16.6 Å². The maximum atomic E-state index is 13.1. The minimum Gasteiger partial charge on any atom is -0.311 e. The van der Waals surface area contributed by atoms with Crippen LogP contribution < -0.4 is 5.32 Å². The van der Waals surface area contributed by atoms with Crippen molar-refractivity contribution >= 4 is 27.3 Å². The van der Waals surface area contributed by atoms with Crippen molar-refractivity contribution in [3.05, 3.63) is 33.2 Å². The Morgan fingerprint density at radius 2 is 2.00 bits per heavy atom. The van der Waals surface area contributed by atoms with Crippen LogP contribution in [0.4, 0.5) is 13.2 Å². The second-order valence-electron chi connectivity index (χ2n) is 4.14. The van der Waals surface area contributed by atoms with E-state index in [1.807, 2.05) is 6.92 Å². The van der Waals surface area contributed by atoms with Gasteiger partial charge in [-0.1, -0.05) is 33.3 Å². The van der Waals surface area contributed by atoms with Gasteiger partial charge in [0.2, 0.25) is 0 Å². The van der Waals surface area contributed by atoms with Crippen LogP contribution in [0.15, 0.2) is 22.7 Å². The molecule has 0 radical (unpaired) electrons. The molecule has 8 heteroatoms. The third-order valence-corrected chi connectivity index (χ3v) is 4.39. The summed E-state index contributed by atoms with van der Waals surface area (Å²) in [6, 6.07) is 3.97. The largest absolute Gasteiger partial charge is 0.417 e. The summed E-state index contributed by atoms with van der Waals surface area (Å²) in [5.41, 5.74) is -0.667. The van der Waals surface area contributed by atoms with Crippen LogP contribution in [0.3, 0.4) is 0 Å². The molecular formula is C12H11BrF3N3S. The zero-order valence-corrected chi connectivity index (χ0v) is 13.0. The highest BCUT2D eigenvalue weighted by Crippen LogP contribution is 2.39. The van der Waals surface area contributed by atoms with Crippen LogP contribution in [-0.2, 0) is 6.18 Å². The molecule has 20 heavy (non-hydrogen) atoms. The Kier molecular flexibility index (Phi) is 4.46. The lowest BCUT2D eigenvalue weighted by atomic mass is 10.1. The van der Waals surface area contributed by atoms with E-state index >= 15 is 0 Å². The molecule has 0 aliphatic rings. The Morgan fingerprint density at radius 3 is 2.60 bits per heavy atom. The van der Waals surface area contributed by atoms with Crippen LogP contribution in [0.2, 0.25) is 0 Å². The van der Waals surface area contributed by atoms with E-state index in [0.717, 1.165) is 17.4 Å². The van der Waals surface area contributed by atoms with Crippen molar-refractivity contribution < 1.29 is 13.2 Å². The van der Waals surface area contributed by atoms with Gasteiger partial charge in [0.1, 0.15) is 10.0 Å². The van der Waals surface area contributed by atoms with Crippen LogP contribution in [-0.4, -0.2) is 17.2 Å². The lowest BCUT2D eigenvalue weighted by Crippen LogP contribution is -2.11. The highest BCUT2D eigenvalue weighted by atomic mass is 79.9. The highest BCUT2D eigenvalue weighted by Gasteiger charge is 2.34. The molecule has 108 valence electrons. The fourth-order valence-electron chi connectivity index (χ4n) is 1.58. The van der Waals surface area contributed by atoms with Gasteiger partial charge in [-0.25, -0.2) is 0 Å². The molecule has 0 saturated heterocycles. The van der Waals surface area contributed by atoms with Gasteiger partial charge in [-0.2, -0.15) is 13.2 Å². The van der Waals surface area contributed by atoms with E-state index in [2.05, 4.69) is 31.4 Å². The van der Waals surface area contributed by atoms with Gasteiger partial charge in [0.25, 0.3) is 0 Å². The van der Waals surface area contributed by atoms with E-state index < -0.39 is 11.7 Å². The number of hydrogen-bond donors (Lipinski definition) is 1. The van der Waals surface area contributed by atoms with Gasteiger partial charge in [0.15, 0.2) is 0 Å². The molecule has 1 aromatic heterocycles. The normalized spacial score (nSPS) is 13.5. The first kappa shape index (κ1) is 15.4. The smallest absolute Gasteiger partial charge is 0.311 e. The van der Waals surface area contributed by atoms with Crippen molar-refractivity contribution in [2.75, 3.05) is 7.05 Å². The van der Waals surface area contributed by atoms with Crippen molar-refractivity contribution in [3.8, 4) is 10.6 Å². The van der Waals surface area contributed by atoms with Crippen molar-refractivity contribution in [1.29, 1.82) is 0 Å². The molecule has 3 nitrogen and oxygen atoms in total. The van der Waals surface area contributed by atoms with Crippen LogP contribution >= 0.6 is 27.3 Å². The van der Waals surface area contributed by atoms with E-state index in [0.29, 0.717) is 9.48 Å². The van der Waals surface area contributed by atoms with Crippen LogP contribution in [0.1, 0.15) is 23.5 Å². The maximum absolute atomic E-state index is 13.1. The number of aromatic nitrogens is 2. The van der Waals surface area contributed by atoms with Crippen LogP contribution in [0.25, 0.3) is 10.6 Å². The van der Waals surface area contributed by atoms with Gasteiger partial charge in [-0.05, 0) is 26.1 Å². The van der Waals surface area contributed by atoms with E-state index in [1.165, 1.54) is 6.07 Å². The fraction of sp³-hybridized carbons (Fsp3) is 0.333. The number of benzene rings is 1. The second-order valence-corrected chi connectivity index (χ2v) is 6.07. The van der Waals surface area contributed by atoms with Crippen molar-refractivity contribution in [3.63, 3.8) is 0 Å². The Morgan fingerprint density at radius 1 is 1.30 bits per heavy atom. The summed E-state index contributed by atoms with van der Waals surface area (Å²) in [4.78, 5) is 0. The maximum Gasteiger partial charge on any atom is 0.417 e. The summed E-state index contributed by atoms with van der Waals surface area (Å²) in [5, 5.41) is 11.7. The summed E-state index contributed by atoms with van der Waals surface area (Å²) < 4.78 is 39.6. The summed E-state index contributed by atoms with van der Waals surface area (Å²) in [6.45, 7) is 1.87. The average Bonchev–Trinajstić information content (AvgIpc) is 2.86. The number of hydrogen-bond acceptors (Lipinski definition) is 4. The molecule has 0 fully saturated rings. The fourth-order valence-corrected chi connectivity index (χ4v) is 2.88. The molecular weight excluding hydrogens is 355 g/mol. The average molecular weight is 366 g/mol. The van der Waals surface area contributed by atoms with Gasteiger partial charge < -0.3 is 5.32 Å². The van der Waals surface area contributed by atoms with E-state index in [4.69, 9.17) is 0 Å². The quantitative estimate of drug-likeness (QED) is 0.882. The van der Waals surface area contributed by atoms with Crippen LogP contribution in [0.5, 0.6) is 0 Å². The molecule has 1 unspecified atom stereocenters. The molecule has 0 amide bonds. The number of nitrogens with zero attached hydrogens (tertiary/aromatic N) is 2. The van der Waals surface area contributed by atoms with Gasteiger partial charge in [-0.15, -0.1) is 10.2 Å². The highest BCUT2D eigenvalue weighted by molar-refractivity contribution is 9.10. The molecule has 1 atom stereocenters. The van der Waals surface area contributed by atoms with Gasteiger partial charge in [-0.3, -0.25) is 0 Å².